The summed E-state index contributed by atoms with van der Waals surface area (Å²) in [5.74, 6) is 0. The molecule has 0 aliphatic heterocycles. The summed E-state index contributed by atoms with van der Waals surface area (Å²) in [5.41, 5.74) is -1.01. The number of nitrogens with one attached hydrogen (secondary N) is 1. The van der Waals surface area contributed by atoms with E-state index in [0.29, 0.717) is 10.6 Å². The highest BCUT2D eigenvalue weighted by Gasteiger charge is 2.35. The molecule has 0 radical (unpaired) electrons. The molecule has 0 aliphatic carbocycles. The van der Waals surface area contributed by atoms with Gasteiger partial charge in [0, 0.05) is 10.6 Å². The predicted molar refractivity (Wildman–Crippen MR) is 110 cm³/mol. The molecule has 0 saturated heterocycles. The smallest absolute Gasteiger partial charge is 0.206 e. The van der Waals surface area contributed by atoms with E-state index in [1.54, 1.807) is 6.92 Å². The van der Waals surface area contributed by atoms with Gasteiger partial charge >= 0.3 is 0 Å². The van der Waals surface area contributed by atoms with E-state index in [1.807, 2.05) is 72.8 Å². The molecule has 26 heavy (non-hydrogen) atoms. The summed E-state index contributed by atoms with van der Waals surface area (Å²) < 4.78 is 14.0. The van der Waals surface area contributed by atoms with Crippen LogP contribution in [0.15, 0.2) is 72.8 Å². The number of hydrogen-bond acceptors (Lipinski definition) is 2. The number of rotatable bonds is 9. The van der Waals surface area contributed by atoms with Gasteiger partial charge in [-0.15, -0.1) is 0 Å². The van der Waals surface area contributed by atoms with Crippen molar-refractivity contribution in [2.24, 2.45) is 0 Å². The Hall–Kier alpha value is -2.14. The van der Waals surface area contributed by atoms with Crippen LogP contribution in [0.4, 0.5) is 0 Å². The molecular weight excluding hydrogens is 339 g/mol. The zero-order valence-corrected chi connectivity index (χ0v) is 16.5. The van der Waals surface area contributed by atoms with Crippen LogP contribution in [-0.4, -0.2) is 5.54 Å². The van der Waals surface area contributed by atoms with E-state index in [4.69, 9.17) is 0 Å². The molecule has 2 rings (SSSR count). The molecule has 3 nitrogen and oxygen atoms in total. The van der Waals surface area contributed by atoms with Crippen LogP contribution in [0.2, 0.25) is 0 Å². The quantitative estimate of drug-likeness (QED) is 0.389. The van der Waals surface area contributed by atoms with Gasteiger partial charge in [-0.2, -0.15) is 5.26 Å². The maximum Gasteiger partial charge on any atom is 0.206 e. The topological polar surface area (TPSA) is 52.9 Å². The number of hydrogen-bond donors (Lipinski definition) is 1. The molecule has 0 unspecified atom stereocenters. The van der Waals surface area contributed by atoms with E-state index >= 15 is 0 Å². The first kappa shape index (κ1) is 20.2. The molecule has 0 aromatic heterocycles. The lowest BCUT2D eigenvalue weighted by atomic mass is 10.0. The van der Waals surface area contributed by atoms with Crippen LogP contribution in [-0.2, 0) is 4.57 Å². The largest absolute Gasteiger partial charge is 0.296 e. The van der Waals surface area contributed by atoms with Crippen LogP contribution in [0.5, 0.6) is 0 Å². The Morgan fingerprint density at radius 2 is 1.58 bits per heavy atom. The van der Waals surface area contributed by atoms with Gasteiger partial charge in [-0.1, -0.05) is 68.3 Å². The van der Waals surface area contributed by atoms with Gasteiger partial charge in [-0.25, -0.2) is 5.09 Å². The van der Waals surface area contributed by atoms with E-state index in [9.17, 15) is 9.83 Å². The molecule has 2 aromatic carbocycles. The van der Waals surface area contributed by atoms with Crippen LogP contribution < -0.4 is 15.7 Å². The van der Waals surface area contributed by atoms with E-state index in [1.165, 1.54) is 12.8 Å². The summed E-state index contributed by atoms with van der Waals surface area (Å²) in [5, 5.41) is 14.3. The van der Waals surface area contributed by atoms with Crippen molar-refractivity contribution in [3.8, 4) is 6.07 Å². The van der Waals surface area contributed by atoms with Crippen LogP contribution >= 0.6 is 7.29 Å². The summed E-state index contributed by atoms with van der Waals surface area (Å²) in [6, 6.07) is 21.0. The predicted octanol–water partition coefficient (Wildman–Crippen LogP) is 4.92. The molecule has 0 aliphatic rings. The zero-order valence-electron chi connectivity index (χ0n) is 15.6. The molecule has 0 heterocycles. The summed E-state index contributed by atoms with van der Waals surface area (Å²) in [6.45, 7) is 3.95. The standard InChI is InChI=1S/C22H27N2OP/c1-3-4-5-6-13-18-22(2,19-23)24-26(25,20-14-9-7-10-15-20)21-16-11-8-12-17-21/h7-18H,3-6H2,1-2H3,(H,24,25)/b18-13+/t22-/m0/s1. The van der Waals surface area contributed by atoms with Crippen LogP contribution in [0.3, 0.4) is 0 Å². The second-order valence-electron chi connectivity index (χ2n) is 6.60. The summed E-state index contributed by atoms with van der Waals surface area (Å²) >= 11 is 0. The minimum absolute atomic E-state index is 0.701. The second kappa shape index (κ2) is 9.53. The van der Waals surface area contributed by atoms with Gasteiger partial charge in [0.1, 0.15) is 5.54 Å². The minimum atomic E-state index is -3.15. The number of unbranched alkanes of at least 4 members (excludes halogenated alkanes) is 3. The van der Waals surface area contributed by atoms with Gasteiger partial charge in [-0.05, 0) is 44.0 Å². The molecular formula is C22H27N2OP. The van der Waals surface area contributed by atoms with Crippen molar-refractivity contribution < 1.29 is 4.57 Å². The van der Waals surface area contributed by atoms with Crippen molar-refractivity contribution >= 4 is 17.9 Å². The number of allylic oxidation sites excluding steroid dienone is 1. The Balaban J connectivity index is 2.35. The zero-order chi connectivity index (χ0) is 18.9. The van der Waals surface area contributed by atoms with Gasteiger partial charge in [-0.3, -0.25) is 4.57 Å². The van der Waals surface area contributed by atoms with Crippen LogP contribution in [0.25, 0.3) is 0 Å². The highest BCUT2D eigenvalue weighted by molar-refractivity contribution is 7.77. The third kappa shape index (κ3) is 5.18. The Bertz CT molecular complexity index is 752. The van der Waals surface area contributed by atoms with E-state index in [2.05, 4.69) is 18.1 Å². The molecule has 2 aromatic rings. The molecule has 136 valence electrons. The third-order valence-electron chi connectivity index (χ3n) is 4.29. The fraction of sp³-hybridized carbons (Fsp3) is 0.318. The monoisotopic (exact) mass is 366 g/mol. The highest BCUT2D eigenvalue weighted by atomic mass is 31.2. The maximum absolute atomic E-state index is 14.0. The van der Waals surface area contributed by atoms with Crippen molar-refractivity contribution in [2.75, 3.05) is 0 Å². The fourth-order valence-corrected chi connectivity index (χ4v) is 5.33. The molecule has 0 amide bonds. The fourth-order valence-electron chi connectivity index (χ4n) is 2.81. The normalized spacial score (nSPS) is 14.0. The lowest BCUT2D eigenvalue weighted by Gasteiger charge is -2.28. The highest BCUT2D eigenvalue weighted by Crippen LogP contribution is 2.41. The first-order chi connectivity index (χ1) is 12.5. The van der Waals surface area contributed by atoms with Crippen molar-refractivity contribution in [2.45, 2.75) is 45.1 Å². The molecule has 4 heteroatoms. The average molecular weight is 366 g/mol. The van der Waals surface area contributed by atoms with Gasteiger partial charge in [0.25, 0.3) is 0 Å². The molecule has 0 fully saturated rings. The van der Waals surface area contributed by atoms with Gasteiger partial charge in [0.15, 0.2) is 0 Å². The average Bonchev–Trinajstić information content (AvgIpc) is 2.69. The SMILES string of the molecule is CCCCC/C=C/[C@@](C)(C#N)NP(=O)(c1ccccc1)c1ccccc1. The van der Waals surface area contributed by atoms with Gasteiger partial charge in [0.05, 0.1) is 6.07 Å². The van der Waals surface area contributed by atoms with Gasteiger partial charge in [0.2, 0.25) is 7.29 Å². The number of nitrogens with zero attached hydrogens (tertiary/aromatic N) is 1. The van der Waals surface area contributed by atoms with Crippen molar-refractivity contribution in [1.82, 2.24) is 5.09 Å². The Labute approximate surface area is 157 Å². The number of nitriles is 1. The third-order valence-corrected chi connectivity index (χ3v) is 7.12. The Morgan fingerprint density at radius 3 is 2.04 bits per heavy atom. The van der Waals surface area contributed by atoms with Crippen LogP contribution in [0.1, 0.15) is 39.5 Å². The minimum Gasteiger partial charge on any atom is -0.296 e. The maximum atomic E-state index is 14.0. The summed E-state index contributed by atoms with van der Waals surface area (Å²) in [7, 11) is -3.15. The van der Waals surface area contributed by atoms with Gasteiger partial charge < -0.3 is 0 Å². The van der Waals surface area contributed by atoms with E-state index < -0.39 is 12.8 Å². The lowest BCUT2D eigenvalue weighted by Crippen LogP contribution is -2.42. The molecule has 0 spiro atoms. The molecule has 1 atom stereocenters. The van der Waals surface area contributed by atoms with Crippen molar-refractivity contribution in [3.63, 3.8) is 0 Å². The van der Waals surface area contributed by atoms with Crippen molar-refractivity contribution in [3.05, 3.63) is 72.8 Å². The summed E-state index contributed by atoms with van der Waals surface area (Å²) in [4.78, 5) is 0. The van der Waals surface area contributed by atoms with E-state index in [0.717, 1.165) is 12.8 Å². The first-order valence-corrected chi connectivity index (χ1v) is 10.8. The second-order valence-corrected chi connectivity index (χ2v) is 9.08. The lowest BCUT2D eigenvalue weighted by molar-refractivity contribution is 0.560. The van der Waals surface area contributed by atoms with E-state index in [-0.39, 0.29) is 0 Å². The molecule has 0 saturated carbocycles. The Kier molecular flexibility index (Phi) is 7.39. The first-order valence-electron chi connectivity index (χ1n) is 9.14. The molecule has 1 N–H and O–H groups in total. The Morgan fingerprint density at radius 1 is 1.04 bits per heavy atom. The number of benzene rings is 2. The molecule has 0 bridgehead atoms. The van der Waals surface area contributed by atoms with Crippen LogP contribution in [0, 0.1) is 11.3 Å². The summed E-state index contributed by atoms with van der Waals surface area (Å²) in [6.07, 6.45) is 8.23. The van der Waals surface area contributed by atoms with Crippen molar-refractivity contribution in [1.29, 1.82) is 5.26 Å².